The predicted octanol–water partition coefficient (Wildman–Crippen LogP) is 0.992. The minimum Gasteiger partial charge on any atom is -0.468 e. The Kier molecular flexibility index (Phi) is 3.40. The number of furan rings is 1. The van der Waals surface area contributed by atoms with Crippen molar-refractivity contribution in [1.82, 2.24) is 10.2 Å². The molecule has 2 heterocycles. The molecule has 15 heavy (non-hydrogen) atoms. The third-order valence-corrected chi connectivity index (χ3v) is 2.61. The summed E-state index contributed by atoms with van der Waals surface area (Å²) in [5.74, 6) is 1.06. The SMILES string of the molecule is O=C(CNCc1ccco1)N1CCCC1. The molecule has 4 heteroatoms. The van der Waals surface area contributed by atoms with Crippen LogP contribution in [0.3, 0.4) is 0 Å². The van der Waals surface area contributed by atoms with Crippen LogP contribution in [-0.2, 0) is 11.3 Å². The zero-order valence-corrected chi connectivity index (χ0v) is 8.74. The van der Waals surface area contributed by atoms with Crippen LogP contribution < -0.4 is 5.32 Å². The zero-order valence-electron chi connectivity index (χ0n) is 8.74. The van der Waals surface area contributed by atoms with Gasteiger partial charge in [-0.1, -0.05) is 0 Å². The molecule has 1 N–H and O–H groups in total. The van der Waals surface area contributed by atoms with Crippen molar-refractivity contribution in [3.63, 3.8) is 0 Å². The molecule has 2 rings (SSSR count). The topological polar surface area (TPSA) is 45.5 Å². The van der Waals surface area contributed by atoms with Crippen molar-refractivity contribution in [1.29, 1.82) is 0 Å². The molecule has 4 nitrogen and oxygen atoms in total. The highest BCUT2D eigenvalue weighted by Crippen LogP contribution is 2.06. The second-order valence-corrected chi connectivity index (χ2v) is 3.77. The van der Waals surface area contributed by atoms with Gasteiger partial charge in [-0.15, -0.1) is 0 Å². The van der Waals surface area contributed by atoms with E-state index >= 15 is 0 Å². The molecule has 0 atom stereocenters. The van der Waals surface area contributed by atoms with Gasteiger partial charge in [-0.05, 0) is 25.0 Å². The van der Waals surface area contributed by atoms with E-state index in [4.69, 9.17) is 4.42 Å². The summed E-state index contributed by atoms with van der Waals surface area (Å²) in [5, 5.41) is 3.08. The molecule has 1 aliphatic heterocycles. The summed E-state index contributed by atoms with van der Waals surface area (Å²) in [5.41, 5.74) is 0. The summed E-state index contributed by atoms with van der Waals surface area (Å²) < 4.78 is 5.15. The van der Waals surface area contributed by atoms with Gasteiger partial charge in [0.05, 0.1) is 19.4 Å². The third kappa shape index (κ3) is 2.83. The average Bonchev–Trinajstić information content (AvgIpc) is 2.90. The standard InChI is InChI=1S/C11H16N2O2/c14-11(13-5-1-2-6-13)9-12-8-10-4-3-7-15-10/h3-4,7,12H,1-2,5-6,8-9H2. The van der Waals surface area contributed by atoms with Gasteiger partial charge in [0.2, 0.25) is 5.91 Å². The molecule has 0 aromatic carbocycles. The lowest BCUT2D eigenvalue weighted by Gasteiger charge is -2.14. The second kappa shape index (κ2) is 4.98. The minimum atomic E-state index is 0.194. The molecule has 1 amide bonds. The third-order valence-electron chi connectivity index (χ3n) is 2.61. The Hall–Kier alpha value is -1.29. The number of hydrogen-bond acceptors (Lipinski definition) is 3. The van der Waals surface area contributed by atoms with Crippen LogP contribution in [0.15, 0.2) is 22.8 Å². The van der Waals surface area contributed by atoms with Crippen LogP contribution in [0, 0.1) is 0 Å². The fourth-order valence-corrected chi connectivity index (χ4v) is 1.78. The first-order valence-corrected chi connectivity index (χ1v) is 5.37. The quantitative estimate of drug-likeness (QED) is 0.802. The summed E-state index contributed by atoms with van der Waals surface area (Å²) in [4.78, 5) is 13.5. The van der Waals surface area contributed by atoms with Crippen LogP contribution >= 0.6 is 0 Å². The number of amides is 1. The van der Waals surface area contributed by atoms with Crippen molar-refractivity contribution >= 4 is 5.91 Å². The summed E-state index contributed by atoms with van der Waals surface area (Å²) in [6.07, 6.45) is 3.92. The van der Waals surface area contributed by atoms with Crippen molar-refractivity contribution in [3.8, 4) is 0 Å². The minimum absolute atomic E-state index is 0.194. The van der Waals surface area contributed by atoms with E-state index in [0.29, 0.717) is 13.1 Å². The van der Waals surface area contributed by atoms with Gasteiger partial charge in [0.15, 0.2) is 0 Å². The molecular formula is C11H16N2O2. The van der Waals surface area contributed by atoms with E-state index in [1.165, 1.54) is 0 Å². The molecule has 0 bridgehead atoms. The summed E-state index contributed by atoms with van der Waals surface area (Å²) in [6.45, 7) is 2.86. The highest BCUT2D eigenvalue weighted by atomic mass is 16.3. The highest BCUT2D eigenvalue weighted by molar-refractivity contribution is 5.78. The van der Waals surface area contributed by atoms with E-state index in [-0.39, 0.29) is 5.91 Å². The van der Waals surface area contributed by atoms with Crippen molar-refractivity contribution in [2.24, 2.45) is 0 Å². The fourth-order valence-electron chi connectivity index (χ4n) is 1.78. The van der Waals surface area contributed by atoms with Crippen molar-refractivity contribution in [2.45, 2.75) is 19.4 Å². The molecule has 1 fully saturated rings. The molecule has 0 radical (unpaired) electrons. The number of likely N-dealkylation sites (tertiary alicyclic amines) is 1. The van der Waals surface area contributed by atoms with Crippen LogP contribution in [0.2, 0.25) is 0 Å². The van der Waals surface area contributed by atoms with Crippen LogP contribution in [-0.4, -0.2) is 30.4 Å². The van der Waals surface area contributed by atoms with Crippen LogP contribution in [0.4, 0.5) is 0 Å². The molecule has 0 spiro atoms. The van der Waals surface area contributed by atoms with E-state index in [2.05, 4.69) is 5.32 Å². The second-order valence-electron chi connectivity index (χ2n) is 3.77. The lowest BCUT2D eigenvalue weighted by atomic mass is 10.4. The largest absolute Gasteiger partial charge is 0.468 e. The molecule has 1 aliphatic rings. The summed E-state index contributed by atoms with van der Waals surface area (Å²) in [7, 11) is 0. The molecule has 1 saturated heterocycles. The van der Waals surface area contributed by atoms with Crippen LogP contribution in [0.25, 0.3) is 0 Å². The van der Waals surface area contributed by atoms with Gasteiger partial charge < -0.3 is 14.6 Å². The molecule has 0 unspecified atom stereocenters. The van der Waals surface area contributed by atoms with Gasteiger partial charge in [-0.3, -0.25) is 4.79 Å². The number of carbonyl (C=O) groups excluding carboxylic acids is 1. The van der Waals surface area contributed by atoms with Gasteiger partial charge in [-0.25, -0.2) is 0 Å². The van der Waals surface area contributed by atoms with Gasteiger partial charge in [0, 0.05) is 13.1 Å². The van der Waals surface area contributed by atoms with Gasteiger partial charge in [0.25, 0.3) is 0 Å². The van der Waals surface area contributed by atoms with E-state index in [1.807, 2.05) is 17.0 Å². The maximum Gasteiger partial charge on any atom is 0.236 e. The number of nitrogens with zero attached hydrogens (tertiary/aromatic N) is 1. The molecule has 1 aromatic rings. The number of hydrogen-bond donors (Lipinski definition) is 1. The first-order chi connectivity index (χ1) is 7.36. The van der Waals surface area contributed by atoms with Crippen molar-refractivity contribution < 1.29 is 9.21 Å². The van der Waals surface area contributed by atoms with E-state index in [1.54, 1.807) is 6.26 Å². The van der Waals surface area contributed by atoms with Crippen molar-refractivity contribution in [3.05, 3.63) is 24.2 Å². The van der Waals surface area contributed by atoms with E-state index in [9.17, 15) is 4.79 Å². The maximum absolute atomic E-state index is 11.6. The molecular weight excluding hydrogens is 192 g/mol. The van der Waals surface area contributed by atoms with E-state index < -0.39 is 0 Å². The van der Waals surface area contributed by atoms with Gasteiger partial charge in [0.1, 0.15) is 5.76 Å². The van der Waals surface area contributed by atoms with Crippen LogP contribution in [0.1, 0.15) is 18.6 Å². The number of rotatable bonds is 4. The van der Waals surface area contributed by atoms with Gasteiger partial charge >= 0.3 is 0 Å². The average molecular weight is 208 g/mol. The Labute approximate surface area is 89.2 Å². The van der Waals surface area contributed by atoms with Crippen LogP contribution in [0.5, 0.6) is 0 Å². The monoisotopic (exact) mass is 208 g/mol. The zero-order chi connectivity index (χ0) is 10.5. The first-order valence-electron chi connectivity index (χ1n) is 5.37. The molecule has 0 aliphatic carbocycles. The normalized spacial score (nSPS) is 15.9. The van der Waals surface area contributed by atoms with E-state index in [0.717, 1.165) is 31.7 Å². The van der Waals surface area contributed by atoms with Crippen molar-refractivity contribution in [2.75, 3.05) is 19.6 Å². The lowest BCUT2D eigenvalue weighted by Crippen LogP contribution is -2.35. The Balaban J connectivity index is 1.67. The first kappa shape index (κ1) is 10.2. The summed E-state index contributed by atoms with van der Waals surface area (Å²) >= 11 is 0. The Morgan fingerprint density at radius 2 is 2.27 bits per heavy atom. The predicted molar refractivity (Wildman–Crippen MR) is 56.2 cm³/mol. The molecule has 1 aromatic heterocycles. The molecule has 0 saturated carbocycles. The molecule has 82 valence electrons. The Morgan fingerprint density at radius 1 is 1.47 bits per heavy atom. The number of carbonyl (C=O) groups is 1. The Morgan fingerprint density at radius 3 is 2.93 bits per heavy atom. The number of nitrogens with one attached hydrogen (secondary N) is 1. The highest BCUT2D eigenvalue weighted by Gasteiger charge is 2.16. The van der Waals surface area contributed by atoms with Gasteiger partial charge in [-0.2, -0.15) is 0 Å². The smallest absolute Gasteiger partial charge is 0.236 e. The Bertz CT molecular complexity index is 302. The maximum atomic E-state index is 11.6. The lowest BCUT2D eigenvalue weighted by molar-refractivity contribution is -0.129. The fraction of sp³-hybridized carbons (Fsp3) is 0.545. The summed E-state index contributed by atoms with van der Waals surface area (Å²) in [6, 6.07) is 3.74.